The number of hydrogen-bond donors (Lipinski definition) is 1. The van der Waals surface area contributed by atoms with Crippen molar-refractivity contribution in [3.63, 3.8) is 0 Å². The number of nitrogens with one attached hydrogen (secondary N) is 1. The number of aromatic nitrogens is 2. The number of nitrogens with zero attached hydrogens (tertiary/aromatic N) is 1. The summed E-state index contributed by atoms with van der Waals surface area (Å²) in [6.45, 7) is 0. The van der Waals surface area contributed by atoms with Crippen LogP contribution < -0.4 is 4.74 Å². The standard InChI is InChI=1S/C18H14N2O/c1-21-13-6-2-5-12(11-13)14-7-3-9-16-17(14)15-8-4-10-19-18(15)20-16/h2-11H,1H3,(H,19,20). The maximum atomic E-state index is 5.34. The zero-order valence-corrected chi connectivity index (χ0v) is 11.6. The van der Waals surface area contributed by atoms with E-state index in [0.717, 1.165) is 27.9 Å². The van der Waals surface area contributed by atoms with Crippen LogP contribution >= 0.6 is 0 Å². The Morgan fingerprint density at radius 3 is 2.81 bits per heavy atom. The summed E-state index contributed by atoms with van der Waals surface area (Å²) in [5.74, 6) is 0.863. The summed E-state index contributed by atoms with van der Waals surface area (Å²) in [5, 5.41) is 2.35. The lowest BCUT2D eigenvalue weighted by Gasteiger charge is -2.06. The molecule has 0 unspecified atom stereocenters. The van der Waals surface area contributed by atoms with E-state index in [0.29, 0.717) is 0 Å². The fourth-order valence-electron chi connectivity index (χ4n) is 2.81. The molecule has 102 valence electrons. The Morgan fingerprint density at radius 1 is 1.00 bits per heavy atom. The Morgan fingerprint density at radius 2 is 1.90 bits per heavy atom. The Hall–Kier alpha value is -2.81. The van der Waals surface area contributed by atoms with Gasteiger partial charge in [0.15, 0.2) is 0 Å². The third-order valence-corrected chi connectivity index (χ3v) is 3.78. The van der Waals surface area contributed by atoms with Gasteiger partial charge in [-0.05, 0) is 41.5 Å². The van der Waals surface area contributed by atoms with Crippen molar-refractivity contribution in [3.05, 3.63) is 60.8 Å². The quantitative estimate of drug-likeness (QED) is 0.588. The van der Waals surface area contributed by atoms with Crippen LogP contribution in [-0.2, 0) is 0 Å². The van der Waals surface area contributed by atoms with Crippen molar-refractivity contribution in [2.24, 2.45) is 0 Å². The largest absolute Gasteiger partial charge is 0.497 e. The number of methoxy groups -OCH3 is 1. The normalized spacial score (nSPS) is 11.1. The highest BCUT2D eigenvalue weighted by Crippen LogP contribution is 2.34. The molecule has 0 saturated heterocycles. The second-order valence-corrected chi connectivity index (χ2v) is 4.98. The second-order valence-electron chi connectivity index (χ2n) is 4.98. The summed E-state index contributed by atoms with van der Waals surface area (Å²) >= 11 is 0. The molecule has 0 fully saturated rings. The van der Waals surface area contributed by atoms with Crippen molar-refractivity contribution >= 4 is 21.9 Å². The van der Waals surface area contributed by atoms with Crippen molar-refractivity contribution in [3.8, 4) is 16.9 Å². The summed E-state index contributed by atoms with van der Waals surface area (Å²) in [5.41, 5.74) is 4.35. The SMILES string of the molecule is COc1cccc(-c2cccc3[nH]c4ncccc4c23)c1. The van der Waals surface area contributed by atoms with E-state index in [1.54, 1.807) is 7.11 Å². The van der Waals surface area contributed by atoms with Gasteiger partial charge in [-0.2, -0.15) is 0 Å². The molecule has 4 rings (SSSR count). The first-order valence-corrected chi connectivity index (χ1v) is 6.86. The molecule has 0 spiro atoms. The molecule has 0 radical (unpaired) electrons. The molecule has 0 bridgehead atoms. The van der Waals surface area contributed by atoms with Crippen LogP contribution in [0.1, 0.15) is 0 Å². The van der Waals surface area contributed by atoms with Crippen LogP contribution in [0.4, 0.5) is 0 Å². The molecule has 21 heavy (non-hydrogen) atoms. The van der Waals surface area contributed by atoms with E-state index in [2.05, 4.69) is 46.4 Å². The number of fused-ring (bicyclic) bond motifs is 3. The third kappa shape index (κ3) is 1.86. The smallest absolute Gasteiger partial charge is 0.138 e. The highest BCUT2D eigenvalue weighted by Gasteiger charge is 2.10. The Labute approximate surface area is 122 Å². The fourth-order valence-corrected chi connectivity index (χ4v) is 2.81. The van der Waals surface area contributed by atoms with Crippen molar-refractivity contribution < 1.29 is 4.74 Å². The Bertz CT molecular complexity index is 940. The van der Waals surface area contributed by atoms with Gasteiger partial charge in [0.25, 0.3) is 0 Å². The van der Waals surface area contributed by atoms with Gasteiger partial charge in [0, 0.05) is 22.5 Å². The molecular formula is C18H14N2O. The zero-order chi connectivity index (χ0) is 14.2. The Balaban J connectivity index is 2.08. The number of hydrogen-bond acceptors (Lipinski definition) is 2. The lowest BCUT2D eigenvalue weighted by Crippen LogP contribution is -1.84. The molecule has 1 N–H and O–H groups in total. The molecule has 0 atom stereocenters. The molecule has 0 aliphatic carbocycles. The van der Waals surface area contributed by atoms with Crippen LogP contribution in [0.3, 0.4) is 0 Å². The molecule has 3 heteroatoms. The van der Waals surface area contributed by atoms with Crippen molar-refractivity contribution in [2.45, 2.75) is 0 Å². The van der Waals surface area contributed by atoms with E-state index in [1.165, 1.54) is 10.9 Å². The van der Waals surface area contributed by atoms with Gasteiger partial charge in [0.2, 0.25) is 0 Å². The number of aromatic amines is 1. The van der Waals surface area contributed by atoms with Crippen LogP contribution in [0.25, 0.3) is 33.1 Å². The summed E-state index contributed by atoms with van der Waals surface area (Å²) in [4.78, 5) is 7.78. The number of rotatable bonds is 2. The van der Waals surface area contributed by atoms with Crippen LogP contribution in [0.2, 0.25) is 0 Å². The monoisotopic (exact) mass is 274 g/mol. The van der Waals surface area contributed by atoms with Gasteiger partial charge in [-0.15, -0.1) is 0 Å². The molecule has 4 aromatic rings. The van der Waals surface area contributed by atoms with Crippen molar-refractivity contribution in [1.29, 1.82) is 0 Å². The maximum absolute atomic E-state index is 5.34. The minimum absolute atomic E-state index is 0.863. The lowest BCUT2D eigenvalue weighted by atomic mass is 10.00. The van der Waals surface area contributed by atoms with Gasteiger partial charge in [-0.3, -0.25) is 0 Å². The van der Waals surface area contributed by atoms with Gasteiger partial charge in [0.05, 0.1) is 7.11 Å². The minimum atomic E-state index is 0.863. The van der Waals surface area contributed by atoms with Crippen LogP contribution in [0, 0.1) is 0 Å². The Kier molecular flexibility index (Phi) is 2.64. The van der Waals surface area contributed by atoms with E-state index >= 15 is 0 Å². The first kappa shape index (κ1) is 12.0. The predicted octanol–water partition coefficient (Wildman–Crippen LogP) is 4.39. The molecule has 0 amide bonds. The van der Waals surface area contributed by atoms with E-state index in [9.17, 15) is 0 Å². The van der Waals surface area contributed by atoms with Gasteiger partial charge >= 0.3 is 0 Å². The number of pyridine rings is 1. The van der Waals surface area contributed by atoms with Crippen molar-refractivity contribution in [2.75, 3.05) is 7.11 Å². The van der Waals surface area contributed by atoms with Gasteiger partial charge in [-0.25, -0.2) is 4.98 Å². The molecule has 2 aromatic carbocycles. The highest BCUT2D eigenvalue weighted by atomic mass is 16.5. The van der Waals surface area contributed by atoms with E-state index < -0.39 is 0 Å². The number of benzene rings is 2. The van der Waals surface area contributed by atoms with Crippen LogP contribution in [-0.4, -0.2) is 17.1 Å². The van der Waals surface area contributed by atoms with E-state index in [1.807, 2.05) is 24.4 Å². The first-order valence-electron chi connectivity index (χ1n) is 6.86. The molecule has 0 aliphatic rings. The van der Waals surface area contributed by atoms with Crippen molar-refractivity contribution in [1.82, 2.24) is 9.97 Å². The van der Waals surface area contributed by atoms with E-state index in [-0.39, 0.29) is 0 Å². The summed E-state index contributed by atoms with van der Waals surface area (Å²) < 4.78 is 5.34. The molecular weight excluding hydrogens is 260 g/mol. The predicted molar refractivity (Wildman–Crippen MR) is 85.6 cm³/mol. The number of H-pyrrole nitrogens is 1. The molecule has 2 aromatic heterocycles. The minimum Gasteiger partial charge on any atom is -0.497 e. The van der Waals surface area contributed by atoms with Gasteiger partial charge in [-0.1, -0.05) is 24.3 Å². The summed E-state index contributed by atoms with van der Waals surface area (Å²) in [6.07, 6.45) is 1.81. The number of ether oxygens (including phenoxy) is 1. The average Bonchev–Trinajstić information content (AvgIpc) is 2.93. The first-order chi connectivity index (χ1) is 10.4. The van der Waals surface area contributed by atoms with Gasteiger partial charge in [0.1, 0.15) is 11.4 Å². The average molecular weight is 274 g/mol. The highest BCUT2D eigenvalue weighted by molar-refractivity contribution is 6.13. The van der Waals surface area contributed by atoms with Crippen LogP contribution in [0.15, 0.2) is 60.8 Å². The van der Waals surface area contributed by atoms with Gasteiger partial charge < -0.3 is 9.72 Å². The maximum Gasteiger partial charge on any atom is 0.138 e. The lowest BCUT2D eigenvalue weighted by molar-refractivity contribution is 0.415. The second kappa shape index (κ2) is 4.63. The third-order valence-electron chi connectivity index (χ3n) is 3.78. The molecule has 2 heterocycles. The van der Waals surface area contributed by atoms with Crippen LogP contribution in [0.5, 0.6) is 5.75 Å². The fraction of sp³-hybridized carbons (Fsp3) is 0.0556. The molecule has 3 nitrogen and oxygen atoms in total. The molecule has 0 saturated carbocycles. The van der Waals surface area contributed by atoms with E-state index in [4.69, 9.17) is 4.74 Å². The summed E-state index contributed by atoms with van der Waals surface area (Å²) in [6, 6.07) is 18.5. The summed E-state index contributed by atoms with van der Waals surface area (Å²) in [7, 11) is 1.69. The molecule has 0 aliphatic heterocycles. The zero-order valence-electron chi connectivity index (χ0n) is 11.6. The topological polar surface area (TPSA) is 37.9 Å².